The molecule has 1 aliphatic carbocycles. The Morgan fingerprint density at radius 3 is 2.71 bits per heavy atom. The molecule has 8 heteroatoms. The Hall–Kier alpha value is -1.83. The van der Waals surface area contributed by atoms with Gasteiger partial charge in [0.2, 0.25) is 5.91 Å². The van der Waals surface area contributed by atoms with Gasteiger partial charge in [0, 0.05) is 25.2 Å². The summed E-state index contributed by atoms with van der Waals surface area (Å²) < 4.78 is 0. The minimum Gasteiger partial charge on any atom is -0.333 e. The van der Waals surface area contributed by atoms with Crippen LogP contribution in [0.1, 0.15) is 32.1 Å². The van der Waals surface area contributed by atoms with E-state index in [1.807, 2.05) is 0 Å². The van der Waals surface area contributed by atoms with Crippen LogP contribution in [0.3, 0.4) is 0 Å². The lowest BCUT2D eigenvalue weighted by Crippen LogP contribution is -2.55. The van der Waals surface area contributed by atoms with E-state index in [1.54, 1.807) is 16.8 Å². The fourth-order valence-electron chi connectivity index (χ4n) is 3.95. The summed E-state index contributed by atoms with van der Waals surface area (Å²) in [5, 5.41) is 10.7. The summed E-state index contributed by atoms with van der Waals surface area (Å²) >= 11 is 0. The number of piperidine rings is 1. The van der Waals surface area contributed by atoms with E-state index in [1.165, 1.54) is 18.6 Å². The van der Waals surface area contributed by atoms with Crippen molar-refractivity contribution in [1.29, 1.82) is 0 Å². The second-order valence-electron chi connectivity index (χ2n) is 7.34. The number of carbonyl (C=O) groups excluding carboxylic acids is 2. The molecule has 0 aromatic heterocycles. The van der Waals surface area contributed by atoms with Crippen molar-refractivity contribution in [3.63, 3.8) is 0 Å². The zero-order valence-electron chi connectivity index (χ0n) is 14.1. The van der Waals surface area contributed by atoms with Gasteiger partial charge < -0.3 is 20.4 Å². The second kappa shape index (κ2) is 6.23. The highest BCUT2D eigenvalue weighted by Crippen LogP contribution is 2.33. The first kappa shape index (κ1) is 15.7. The lowest BCUT2D eigenvalue weighted by Gasteiger charge is -2.34. The van der Waals surface area contributed by atoms with Crippen molar-refractivity contribution in [2.75, 3.05) is 26.7 Å². The number of nitrogens with zero attached hydrogens (tertiary/aromatic N) is 3. The van der Waals surface area contributed by atoms with Crippen LogP contribution in [0.5, 0.6) is 0 Å². The van der Waals surface area contributed by atoms with Gasteiger partial charge in [-0.3, -0.25) is 10.2 Å². The van der Waals surface area contributed by atoms with Crippen molar-refractivity contribution in [2.24, 2.45) is 11.0 Å². The fraction of sp³-hybridized carbons (Fsp3) is 0.812. The smallest absolute Gasteiger partial charge is 0.320 e. The number of hydrogen-bond acceptors (Lipinski definition) is 5. The number of rotatable bonds is 4. The van der Waals surface area contributed by atoms with Crippen LogP contribution >= 0.6 is 0 Å². The third kappa shape index (κ3) is 2.94. The molecule has 1 saturated carbocycles. The van der Waals surface area contributed by atoms with Crippen molar-refractivity contribution in [3.8, 4) is 0 Å². The van der Waals surface area contributed by atoms with Crippen LogP contribution in [-0.2, 0) is 4.79 Å². The molecule has 24 heavy (non-hydrogen) atoms. The number of likely N-dealkylation sites (N-methyl/N-ethyl adjacent to an activating group) is 1. The molecule has 132 valence electrons. The molecule has 1 unspecified atom stereocenters. The summed E-state index contributed by atoms with van der Waals surface area (Å²) in [5.74, 6) is 0.542. The number of carbonyl (C=O) groups is 2. The third-order valence-corrected chi connectivity index (χ3v) is 5.48. The van der Waals surface area contributed by atoms with E-state index in [9.17, 15) is 9.59 Å². The number of nitrogens with one attached hydrogen (secondary N) is 3. The molecule has 3 amide bonds. The molecule has 0 bridgehead atoms. The van der Waals surface area contributed by atoms with Crippen LogP contribution in [-0.4, -0.2) is 72.4 Å². The largest absolute Gasteiger partial charge is 0.333 e. The summed E-state index contributed by atoms with van der Waals surface area (Å²) in [6.45, 7) is 2.25. The van der Waals surface area contributed by atoms with Crippen LogP contribution in [0.25, 0.3) is 0 Å². The molecule has 4 rings (SSSR count). The Balaban J connectivity index is 1.39. The normalized spacial score (nSPS) is 31.2. The lowest BCUT2D eigenvalue weighted by molar-refractivity contribution is -0.126. The van der Waals surface area contributed by atoms with Crippen LogP contribution in [0.15, 0.2) is 5.10 Å². The maximum absolute atomic E-state index is 12.8. The van der Waals surface area contributed by atoms with Crippen molar-refractivity contribution < 1.29 is 9.59 Å². The van der Waals surface area contributed by atoms with E-state index in [2.05, 4.69) is 21.2 Å². The molecule has 3 heterocycles. The van der Waals surface area contributed by atoms with Gasteiger partial charge in [0.1, 0.15) is 12.2 Å². The molecular weight excluding hydrogens is 308 g/mol. The Morgan fingerprint density at radius 1 is 1.25 bits per heavy atom. The lowest BCUT2D eigenvalue weighted by atomic mass is 10.0. The van der Waals surface area contributed by atoms with E-state index in [-0.39, 0.29) is 24.1 Å². The molecule has 3 N–H and O–H groups in total. The van der Waals surface area contributed by atoms with Crippen molar-refractivity contribution in [3.05, 3.63) is 0 Å². The predicted molar refractivity (Wildman–Crippen MR) is 89.4 cm³/mol. The van der Waals surface area contributed by atoms with E-state index in [0.29, 0.717) is 12.5 Å². The van der Waals surface area contributed by atoms with Crippen LogP contribution in [0.2, 0.25) is 0 Å². The molecule has 3 aliphatic heterocycles. The summed E-state index contributed by atoms with van der Waals surface area (Å²) in [7, 11) is 1.77. The minimum atomic E-state index is -0.405. The average molecular weight is 334 g/mol. The first-order valence-corrected chi connectivity index (χ1v) is 9.00. The Kier molecular flexibility index (Phi) is 4.07. The molecule has 3 fully saturated rings. The Bertz CT molecular complexity index is 555. The third-order valence-electron chi connectivity index (χ3n) is 5.48. The van der Waals surface area contributed by atoms with Crippen LogP contribution in [0.4, 0.5) is 4.79 Å². The molecular formula is C16H26N6O2. The zero-order valence-corrected chi connectivity index (χ0v) is 14.1. The summed E-state index contributed by atoms with van der Waals surface area (Å²) in [4.78, 5) is 28.8. The second-order valence-corrected chi connectivity index (χ2v) is 7.34. The summed E-state index contributed by atoms with van der Waals surface area (Å²) in [5.41, 5.74) is 4.20. The number of amides is 3. The molecule has 4 aliphatic rings. The van der Waals surface area contributed by atoms with Gasteiger partial charge in [-0.15, -0.1) is 0 Å². The minimum absolute atomic E-state index is 0.0312. The molecule has 0 aromatic rings. The Morgan fingerprint density at radius 2 is 2.00 bits per heavy atom. The van der Waals surface area contributed by atoms with Gasteiger partial charge in [0.05, 0.1) is 6.54 Å². The van der Waals surface area contributed by atoms with E-state index >= 15 is 0 Å². The molecule has 0 aromatic carbocycles. The zero-order chi connectivity index (χ0) is 16.7. The predicted octanol–water partition coefficient (Wildman–Crippen LogP) is -0.324. The van der Waals surface area contributed by atoms with Gasteiger partial charge in [0.25, 0.3) is 0 Å². The van der Waals surface area contributed by atoms with Crippen molar-refractivity contribution >= 4 is 17.6 Å². The molecule has 2 atom stereocenters. The van der Waals surface area contributed by atoms with Gasteiger partial charge in [-0.25, -0.2) is 4.79 Å². The number of urea groups is 1. The van der Waals surface area contributed by atoms with Gasteiger partial charge in [-0.1, -0.05) is 0 Å². The average Bonchev–Trinajstić information content (AvgIpc) is 3.27. The quantitative estimate of drug-likeness (QED) is 0.657. The SMILES string of the molecule is CN1C[C@H](C(=O)NC2CC(C3CC3)=NN2)N(C2CCNCC2)C1=O. The fourth-order valence-corrected chi connectivity index (χ4v) is 3.95. The van der Waals surface area contributed by atoms with Crippen LogP contribution in [0, 0.1) is 5.92 Å². The molecule has 8 nitrogen and oxygen atoms in total. The highest BCUT2D eigenvalue weighted by molar-refractivity contribution is 5.93. The Labute approximate surface area is 142 Å². The first-order valence-electron chi connectivity index (χ1n) is 9.00. The molecule has 0 radical (unpaired) electrons. The highest BCUT2D eigenvalue weighted by Gasteiger charge is 2.44. The van der Waals surface area contributed by atoms with E-state index in [0.717, 1.165) is 32.4 Å². The van der Waals surface area contributed by atoms with Crippen molar-refractivity contribution in [1.82, 2.24) is 25.9 Å². The first-order chi connectivity index (χ1) is 11.6. The molecule has 0 spiro atoms. The van der Waals surface area contributed by atoms with Gasteiger partial charge >= 0.3 is 6.03 Å². The monoisotopic (exact) mass is 334 g/mol. The summed E-state index contributed by atoms with van der Waals surface area (Å²) in [6, 6.07) is -0.289. The van der Waals surface area contributed by atoms with E-state index in [4.69, 9.17) is 0 Å². The number of hydrazone groups is 1. The maximum Gasteiger partial charge on any atom is 0.320 e. The number of hydrogen-bond donors (Lipinski definition) is 3. The van der Waals surface area contributed by atoms with Crippen molar-refractivity contribution in [2.45, 2.75) is 50.4 Å². The summed E-state index contributed by atoms with van der Waals surface area (Å²) in [6.07, 6.45) is 4.88. The van der Waals surface area contributed by atoms with Gasteiger partial charge in [-0.2, -0.15) is 5.10 Å². The maximum atomic E-state index is 12.8. The van der Waals surface area contributed by atoms with E-state index < -0.39 is 6.04 Å². The highest BCUT2D eigenvalue weighted by atomic mass is 16.2. The van der Waals surface area contributed by atoms with Gasteiger partial charge in [0.15, 0.2) is 0 Å². The van der Waals surface area contributed by atoms with Crippen LogP contribution < -0.4 is 16.1 Å². The standard InChI is InChI=1S/C16H26N6O2/c1-21-9-13(22(16(21)24)11-4-6-17-7-5-11)15(23)18-14-8-12(19-20-14)10-2-3-10/h10-11,13-14,17,20H,2-9H2,1H3,(H,18,23)/t13-,14?/m1/s1. The van der Waals surface area contributed by atoms with Gasteiger partial charge in [-0.05, 0) is 44.7 Å². The molecule has 2 saturated heterocycles. The topological polar surface area (TPSA) is 89.1 Å².